The fourth-order valence-electron chi connectivity index (χ4n) is 2.59. The fourth-order valence-corrected chi connectivity index (χ4v) is 3.02. The average Bonchev–Trinajstić information content (AvgIpc) is 2.65. The summed E-state index contributed by atoms with van der Waals surface area (Å²) in [6.07, 6.45) is 4.97. The molecular formula is C20H25NO5S. The zero-order valence-corrected chi connectivity index (χ0v) is 16.7. The predicted molar refractivity (Wildman–Crippen MR) is 108 cm³/mol. The summed E-state index contributed by atoms with van der Waals surface area (Å²) in [4.78, 5) is 31.0. The Kier molecular flexibility index (Phi) is 8.06. The second kappa shape index (κ2) is 10.3. The van der Waals surface area contributed by atoms with E-state index < -0.39 is 17.7 Å². The van der Waals surface area contributed by atoms with E-state index in [-0.39, 0.29) is 11.3 Å². The van der Waals surface area contributed by atoms with Crippen LogP contribution in [0, 0.1) is 0 Å². The first-order chi connectivity index (χ1) is 13.0. The maximum Gasteiger partial charge on any atom is 0.347 e. The number of carbonyl (C=O) groups is 1. The van der Waals surface area contributed by atoms with E-state index in [1.807, 2.05) is 18.4 Å². The van der Waals surface area contributed by atoms with Gasteiger partial charge in [-0.3, -0.25) is 4.79 Å². The molecule has 0 radical (unpaired) electrons. The molecule has 1 unspecified atom stereocenters. The van der Waals surface area contributed by atoms with Gasteiger partial charge in [0.05, 0.1) is 0 Å². The van der Waals surface area contributed by atoms with Crippen LogP contribution in [0.4, 0.5) is 0 Å². The zero-order chi connectivity index (χ0) is 19.8. The van der Waals surface area contributed by atoms with Gasteiger partial charge in [0.2, 0.25) is 12.1 Å². The van der Waals surface area contributed by atoms with E-state index in [0.717, 1.165) is 30.6 Å². The van der Waals surface area contributed by atoms with Gasteiger partial charge in [0.15, 0.2) is 0 Å². The molecule has 0 saturated carbocycles. The lowest BCUT2D eigenvalue weighted by atomic mass is 10.0. The number of ketones is 1. The third-order valence-corrected chi connectivity index (χ3v) is 4.76. The first-order valence-corrected chi connectivity index (χ1v) is 10.3. The van der Waals surface area contributed by atoms with Crippen LogP contribution in [-0.4, -0.2) is 29.1 Å². The Morgan fingerprint density at radius 2 is 2.07 bits per heavy atom. The zero-order valence-electron chi connectivity index (χ0n) is 15.9. The third kappa shape index (κ3) is 5.94. The highest BCUT2D eigenvalue weighted by molar-refractivity contribution is 7.98. The molecule has 2 aromatic rings. The van der Waals surface area contributed by atoms with Crippen molar-refractivity contribution in [3.05, 3.63) is 40.2 Å². The Morgan fingerprint density at radius 1 is 1.30 bits per heavy atom. The van der Waals surface area contributed by atoms with Gasteiger partial charge < -0.3 is 14.4 Å². The minimum Gasteiger partial charge on any atom is -0.422 e. The summed E-state index contributed by atoms with van der Waals surface area (Å²) in [6, 6.07) is 7.01. The fraction of sp³-hybridized carbons (Fsp3) is 0.450. The minimum absolute atomic E-state index is 0.0807. The molecule has 7 heteroatoms. The van der Waals surface area contributed by atoms with Crippen LogP contribution in [0.2, 0.25) is 0 Å². The number of rotatable bonds is 10. The van der Waals surface area contributed by atoms with Crippen molar-refractivity contribution in [1.82, 2.24) is 0 Å². The molecule has 1 aromatic heterocycles. The lowest BCUT2D eigenvalue weighted by Crippen LogP contribution is -2.23. The molecule has 27 heavy (non-hydrogen) atoms. The number of hydrogen-bond acceptors (Lipinski definition) is 7. The van der Waals surface area contributed by atoms with Crippen molar-refractivity contribution < 1.29 is 19.2 Å². The van der Waals surface area contributed by atoms with E-state index in [9.17, 15) is 14.7 Å². The predicted octanol–water partition coefficient (Wildman–Crippen LogP) is 4.38. The summed E-state index contributed by atoms with van der Waals surface area (Å²) < 4.78 is 5.34. The van der Waals surface area contributed by atoms with Crippen LogP contribution in [0.1, 0.15) is 56.3 Å². The highest BCUT2D eigenvalue weighted by atomic mass is 32.2. The van der Waals surface area contributed by atoms with E-state index in [1.54, 1.807) is 6.07 Å². The lowest BCUT2D eigenvalue weighted by Gasteiger charge is -2.08. The molecular weight excluding hydrogens is 366 g/mol. The molecule has 0 spiro atoms. The summed E-state index contributed by atoms with van der Waals surface area (Å²) >= 11 is 1.54. The number of hydrogen-bond donors (Lipinski definition) is 1. The first kappa shape index (κ1) is 21.2. The van der Waals surface area contributed by atoms with Gasteiger partial charge in [0.1, 0.15) is 16.9 Å². The van der Waals surface area contributed by atoms with Crippen molar-refractivity contribution in [3.8, 4) is 0 Å². The van der Waals surface area contributed by atoms with E-state index in [2.05, 4.69) is 12.1 Å². The van der Waals surface area contributed by atoms with Crippen molar-refractivity contribution in [2.45, 2.75) is 57.1 Å². The number of Topliss-reactive ketones (excluding diaryl/α,β-unsaturated/α-hetero) is 1. The SMILES string of the molecule is CCCCCC/C(=N\OC(C)O)C(=O)c1cc2ccc(SC)cc2oc1=O. The quantitative estimate of drug-likeness (QED) is 0.123. The van der Waals surface area contributed by atoms with Crippen LogP contribution in [0.15, 0.2) is 43.5 Å². The van der Waals surface area contributed by atoms with Crippen LogP contribution in [0.3, 0.4) is 0 Å². The highest BCUT2D eigenvalue weighted by Gasteiger charge is 2.20. The summed E-state index contributed by atoms with van der Waals surface area (Å²) in [5.74, 6) is -0.531. The molecule has 2 rings (SSSR count). The van der Waals surface area contributed by atoms with Gasteiger partial charge in [-0.2, -0.15) is 0 Å². The van der Waals surface area contributed by atoms with Gasteiger partial charge in [-0.1, -0.05) is 37.4 Å². The number of carbonyl (C=O) groups excluding carboxylic acids is 1. The number of oxime groups is 1. The number of nitrogens with zero attached hydrogens (tertiary/aromatic N) is 1. The molecule has 0 aliphatic rings. The van der Waals surface area contributed by atoms with E-state index in [1.165, 1.54) is 24.8 Å². The maximum atomic E-state index is 12.9. The average molecular weight is 391 g/mol. The van der Waals surface area contributed by atoms with Crippen molar-refractivity contribution >= 4 is 34.2 Å². The van der Waals surface area contributed by atoms with Crippen LogP contribution in [0.25, 0.3) is 11.0 Å². The molecule has 0 fully saturated rings. The molecule has 6 nitrogen and oxygen atoms in total. The lowest BCUT2D eigenvalue weighted by molar-refractivity contribution is -0.0838. The first-order valence-electron chi connectivity index (χ1n) is 9.03. The van der Waals surface area contributed by atoms with E-state index in [0.29, 0.717) is 17.4 Å². The summed E-state index contributed by atoms with van der Waals surface area (Å²) in [6.45, 7) is 3.50. The molecule has 0 saturated heterocycles. The number of benzene rings is 1. The maximum absolute atomic E-state index is 12.9. The van der Waals surface area contributed by atoms with Gasteiger partial charge in [0.25, 0.3) is 0 Å². The van der Waals surface area contributed by atoms with Gasteiger partial charge in [-0.15, -0.1) is 11.8 Å². The van der Waals surface area contributed by atoms with Crippen molar-refractivity contribution in [3.63, 3.8) is 0 Å². The monoisotopic (exact) mass is 391 g/mol. The van der Waals surface area contributed by atoms with E-state index >= 15 is 0 Å². The normalized spacial score (nSPS) is 13.0. The third-order valence-electron chi connectivity index (χ3n) is 4.03. The molecule has 0 amide bonds. The Balaban J connectivity index is 2.33. The molecule has 1 heterocycles. The number of fused-ring (bicyclic) bond motifs is 1. The van der Waals surface area contributed by atoms with Crippen molar-refractivity contribution in [2.75, 3.05) is 6.26 Å². The number of aliphatic hydroxyl groups excluding tert-OH is 1. The Morgan fingerprint density at radius 3 is 2.74 bits per heavy atom. The van der Waals surface area contributed by atoms with Crippen molar-refractivity contribution in [1.29, 1.82) is 0 Å². The Hall–Kier alpha value is -2.12. The molecule has 0 aliphatic carbocycles. The molecule has 1 atom stereocenters. The van der Waals surface area contributed by atoms with Gasteiger partial charge in [-0.05, 0) is 37.3 Å². The molecule has 0 bridgehead atoms. The number of aliphatic hydroxyl groups is 1. The van der Waals surface area contributed by atoms with Crippen LogP contribution in [0.5, 0.6) is 0 Å². The Labute approximate surface area is 162 Å². The van der Waals surface area contributed by atoms with Crippen molar-refractivity contribution in [2.24, 2.45) is 5.16 Å². The number of thioether (sulfide) groups is 1. The summed E-state index contributed by atoms with van der Waals surface area (Å²) in [5.41, 5.74) is -0.239. The number of unbranched alkanes of at least 4 members (excludes halogenated alkanes) is 3. The summed E-state index contributed by atoms with van der Waals surface area (Å²) in [7, 11) is 0. The Bertz CT molecular complexity index is 872. The summed E-state index contributed by atoms with van der Waals surface area (Å²) in [5, 5.41) is 13.7. The molecule has 0 aliphatic heterocycles. The van der Waals surface area contributed by atoms with Gasteiger partial charge in [0, 0.05) is 17.2 Å². The minimum atomic E-state index is -1.14. The molecule has 1 N–H and O–H groups in total. The molecule has 1 aromatic carbocycles. The van der Waals surface area contributed by atoms with Gasteiger partial charge >= 0.3 is 5.63 Å². The van der Waals surface area contributed by atoms with Crippen LogP contribution >= 0.6 is 11.8 Å². The topological polar surface area (TPSA) is 89.1 Å². The largest absolute Gasteiger partial charge is 0.422 e. The standard InChI is InChI=1S/C20H25NO5S/c1-4-5-6-7-8-17(21-26-13(2)22)19(23)16-11-14-9-10-15(27-3)12-18(14)25-20(16)24/h9-13,22H,4-8H2,1-3H3/b21-17+. The van der Waals surface area contributed by atoms with Crippen LogP contribution < -0.4 is 5.63 Å². The van der Waals surface area contributed by atoms with Crippen LogP contribution in [-0.2, 0) is 4.84 Å². The second-order valence-electron chi connectivity index (χ2n) is 6.23. The second-order valence-corrected chi connectivity index (χ2v) is 7.11. The molecule has 146 valence electrons. The van der Waals surface area contributed by atoms with Gasteiger partial charge in [-0.25, -0.2) is 4.79 Å². The smallest absolute Gasteiger partial charge is 0.347 e. The highest BCUT2D eigenvalue weighted by Crippen LogP contribution is 2.22. The van der Waals surface area contributed by atoms with E-state index in [4.69, 9.17) is 9.25 Å².